The Bertz CT molecular complexity index is 469. The summed E-state index contributed by atoms with van der Waals surface area (Å²) in [5, 5.41) is 14.5. The van der Waals surface area contributed by atoms with Crippen molar-refractivity contribution in [2.24, 2.45) is 5.41 Å². The normalized spacial score (nSPS) is 13.2. The lowest BCUT2D eigenvalue weighted by atomic mass is 9.82. The van der Waals surface area contributed by atoms with E-state index >= 15 is 0 Å². The third-order valence-electron chi connectivity index (χ3n) is 3.35. The first-order chi connectivity index (χ1) is 9.25. The molecule has 0 bridgehead atoms. The molecule has 1 aromatic rings. The topological polar surface area (TPSA) is 55.2 Å². The van der Waals surface area contributed by atoms with Crippen molar-refractivity contribution in [1.29, 1.82) is 0 Å². The van der Waals surface area contributed by atoms with Crippen LogP contribution in [0.3, 0.4) is 0 Å². The fourth-order valence-electron chi connectivity index (χ4n) is 2.10. The van der Waals surface area contributed by atoms with Crippen LogP contribution in [0.25, 0.3) is 0 Å². The lowest BCUT2D eigenvalue weighted by Gasteiger charge is -2.31. The number of hydrogen-bond acceptors (Lipinski definition) is 3. The molecule has 0 aliphatic heterocycles. The van der Waals surface area contributed by atoms with Gasteiger partial charge in [-0.25, -0.2) is 4.39 Å². The molecule has 0 amide bonds. The summed E-state index contributed by atoms with van der Waals surface area (Å²) >= 11 is 0. The van der Waals surface area contributed by atoms with Crippen molar-refractivity contribution in [3.63, 3.8) is 0 Å². The highest BCUT2D eigenvalue weighted by Gasteiger charge is 2.27. The van der Waals surface area contributed by atoms with Crippen molar-refractivity contribution in [3.05, 3.63) is 39.7 Å². The molecule has 0 aromatic heterocycles. The summed E-state index contributed by atoms with van der Waals surface area (Å²) < 4.78 is 13.2. The summed E-state index contributed by atoms with van der Waals surface area (Å²) in [4.78, 5) is 10.5. The van der Waals surface area contributed by atoms with Gasteiger partial charge < -0.3 is 5.32 Å². The Morgan fingerprint density at radius 1 is 1.40 bits per heavy atom. The highest BCUT2D eigenvalue weighted by atomic mass is 19.1. The number of benzene rings is 1. The van der Waals surface area contributed by atoms with Crippen molar-refractivity contribution < 1.29 is 9.31 Å². The Morgan fingerprint density at radius 2 is 2.05 bits per heavy atom. The summed E-state index contributed by atoms with van der Waals surface area (Å²) in [6.45, 7) is 9.21. The van der Waals surface area contributed by atoms with E-state index in [0.717, 1.165) is 19.0 Å². The predicted octanol–water partition coefficient (Wildman–Crippen LogP) is 3.69. The number of rotatable bonds is 6. The van der Waals surface area contributed by atoms with Crippen LogP contribution >= 0.6 is 0 Å². The third kappa shape index (κ3) is 4.56. The molecule has 5 heteroatoms. The Kier molecular flexibility index (Phi) is 5.62. The van der Waals surface area contributed by atoms with Crippen LogP contribution in [0.2, 0.25) is 0 Å². The quantitative estimate of drug-likeness (QED) is 0.639. The minimum absolute atomic E-state index is 0.0303. The molecule has 0 spiro atoms. The fourth-order valence-corrected chi connectivity index (χ4v) is 2.10. The van der Waals surface area contributed by atoms with Crippen molar-refractivity contribution >= 4 is 5.69 Å². The van der Waals surface area contributed by atoms with Gasteiger partial charge in [-0.2, -0.15) is 0 Å². The van der Waals surface area contributed by atoms with Crippen LogP contribution in [0, 0.1) is 21.3 Å². The van der Waals surface area contributed by atoms with E-state index in [1.807, 2.05) is 0 Å². The number of nitro benzene ring substituents is 1. The molecule has 0 radical (unpaired) electrons. The molecule has 0 saturated carbocycles. The molecule has 0 aliphatic carbocycles. The van der Waals surface area contributed by atoms with E-state index in [4.69, 9.17) is 0 Å². The lowest BCUT2D eigenvalue weighted by Crippen LogP contribution is -2.42. The van der Waals surface area contributed by atoms with Gasteiger partial charge in [-0.1, -0.05) is 27.7 Å². The fraction of sp³-hybridized carbons (Fsp3) is 0.600. The molecular formula is C15H23FN2O2. The first-order valence-electron chi connectivity index (χ1n) is 6.92. The van der Waals surface area contributed by atoms with E-state index in [1.165, 1.54) is 12.1 Å². The van der Waals surface area contributed by atoms with Crippen LogP contribution in [0.4, 0.5) is 10.1 Å². The predicted molar refractivity (Wildman–Crippen MR) is 78.3 cm³/mol. The average molecular weight is 282 g/mol. The summed E-state index contributed by atoms with van der Waals surface area (Å²) in [6, 6.07) is 3.89. The van der Waals surface area contributed by atoms with Gasteiger partial charge in [0.15, 0.2) is 0 Å². The Balaban J connectivity index is 3.01. The summed E-state index contributed by atoms with van der Waals surface area (Å²) in [7, 11) is 0. The van der Waals surface area contributed by atoms with Crippen molar-refractivity contribution in [1.82, 2.24) is 5.32 Å². The van der Waals surface area contributed by atoms with E-state index in [2.05, 4.69) is 33.0 Å². The zero-order chi connectivity index (χ0) is 15.3. The zero-order valence-electron chi connectivity index (χ0n) is 12.6. The second-order valence-corrected chi connectivity index (χ2v) is 6.11. The molecule has 1 aromatic carbocycles. The van der Waals surface area contributed by atoms with Gasteiger partial charge in [0.25, 0.3) is 5.69 Å². The molecule has 0 heterocycles. The smallest absolute Gasteiger partial charge is 0.275 e. The van der Waals surface area contributed by atoms with Gasteiger partial charge in [0.2, 0.25) is 0 Å². The Morgan fingerprint density at radius 3 is 2.55 bits per heavy atom. The standard InChI is InChI=1S/C15H23FN2O2/c1-5-8-17-14(15(2,3)4)9-11-6-7-12(16)10-13(11)18(19)20/h6-7,10,14,17H,5,8-9H2,1-4H3. The van der Waals surface area contributed by atoms with Crippen LogP contribution < -0.4 is 5.32 Å². The number of nitro groups is 1. The SMILES string of the molecule is CCCNC(Cc1ccc(F)cc1[N+](=O)[O-])C(C)(C)C. The van der Waals surface area contributed by atoms with Gasteiger partial charge in [-0.05, 0) is 36.9 Å². The molecule has 1 unspecified atom stereocenters. The minimum atomic E-state index is -0.575. The molecule has 1 atom stereocenters. The molecule has 4 nitrogen and oxygen atoms in total. The molecule has 20 heavy (non-hydrogen) atoms. The maximum atomic E-state index is 13.2. The Hall–Kier alpha value is -1.49. The Labute approximate surface area is 119 Å². The van der Waals surface area contributed by atoms with Gasteiger partial charge in [0.05, 0.1) is 11.0 Å². The molecule has 1 rings (SSSR count). The molecule has 0 fully saturated rings. The maximum Gasteiger partial charge on any atom is 0.275 e. The molecular weight excluding hydrogens is 259 g/mol. The van der Waals surface area contributed by atoms with E-state index in [0.29, 0.717) is 12.0 Å². The van der Waals surface area contributed by atoms with Crippen LogP contribution in [0.1, 0.15) is 39.7 Å². The van der Waals surface area contributed by atoms with Crippen LogP contribution in [0.15, 0.2) is 18.2 Å². The van der Waals surface area contributed by atoms with Gasteiger partial charge in [0.1, 0.15) is 5.82 Å². The highest BCUT2D eigenvalue weighted by Crippen LogP contribution is 2.27. The van der Waals surface area contributed by atoms with Crippen molar-refractivity contribution in [2.75, 3.05) is 6.54 Å². The maximum absolute atomic E-state index is 13.2. The molecule has 112 valence electrons. The minimum Gasteiger partial charge on any atom is -0.313 e. The monoisotopic (exact) mass is 282 g/mol. The van der Waals surface area contributed by atoms with E-state index in [1.54, 1.807) is 0 Å². The van der Waals surface area contributed by atoms with E-state index in [-0.39, 0.29) is 17.1 Å². The second-order valence-electron chi connectivity index (χ2n) is 6.11. The van der Waals surface area contributed by atoms with Gasteiger partial charge in [-0.15, -0.1) is 0 Å². The van der Waals surface area contributed by atoms with Crippen LogP contribution in [0.5, 0.6) is 0 Å². The summed E-state index contributed by atoms with van der Waals surface area (Å²) in [6.07, 6.45) is 1.51. The third-order valence-corrected chi connectivity index (χ3v) is 3.35. The van der Waals surface area contributed by atoms with E-state index in [9.17, 15) is 14.5 Å². The molecule has 1 N–H and O–H groups in total. The van der Waals surface area contributed by atoms with Gasteiger partial charge in [-0.3, -0.25) is 10.1 Å². The van der Waals surface area contributed by atoms with Gasteiger partial charge >= 0.3 is 0 Å². The number of nitrogens with one attached hydrogen (secondary N) is 1. The first-order valence-corrected chi connectivity index (χ1v) is 6.92. The first kappa shape index (κ1) is 16.6. The summed E-state index contributed by atoms with van der Waals surface area (Å²) in [5.41, 5.74) is 0.398. The van der Waals surface area contributed by atoms with Crippen LogP contribution in [-0.2, 0) is 6.42 Å². The zero-order valence-corrected chi connectivity index (χ0v) is 12.6. The van der Waals surface area contributed by atoms with E-state index < -0.39 is 10.7 Å². The summed E-state index contributed by atoms with van der Waals surface area (Å²) in [5.74, 6) is -0.575. The molecule has 0 saturated heterocycles. The van der Waals surface area contributed by atoms with Crippen LogP contribution in [-0.4, -0.2) is 17.5 Å². The van der Waals surface area contributed by atoms with Crippen molar-refractivity contribution in [2.45, 2.75) is 46.6 Å². The number of hydrogen-bond donors (Lipinski definition) is 1. The number of nitrogens with zero attached hydrogens (tertiary/aromatic N) is 1. The largest absolute Gasteiger partial charge is 0.313 e. The molecule has 0 aliphatic rings. The van der Waals surface area contributed by atoms with Gasteiger partial charge in [0, 0.05) is 11.6 Å². The highest BCUT2D eigenvalue weighted by molar-refractivity contribution is 5.41. The second kappa shape index (κ2) is 6.79. The van der Waals surface area contributed by atoms with Crippen molar-refractivity contribution in [3.8, 4) is 0 Å². The number of halogens is 1. The average Bonchev–Trinajstić information content (AvgIpc) is 2.34. The lowest BCUT2D eigenvalue weighted by molar-refractivity contribution is -0.385.